The fraction of sp³-hybridized carbons (Fsp3) is 0.0909. The lowest BCUT2D eigenvalue weighted by Gasteiger charge is -2.10. The lowest BCUT2D eigenvalue weighted by molar-refractivity contribution is 0.604. The molecule has 0 atom stereocenters. The minimum absolute atomic E-state index is 0.258. The third kappa shape index (κ3) is 4.46. The van der Waals surface area contributed by atoms with Crippen LogP contribution < -0.4 is 4.43 Å². The van der Waals surface area contributed by atoms with Crippen LogP contribution in [0.25, 0.3) is 11.3 Å². The molecule has 3 aromatic rings. The van der Waals surface area contributed by atoms with Gasteiger partial charge in [-0.1, -0.05) is 72.8 Å². The molecule has 2 radical (unpaired) electrons. The minimum Gasteiger partial charge on any atom is -0.536 e. The molecule has 3 rings (SSSR count). The molecule has 0 bridgehead atoms. The molecule has 0 saturated carbocycles. The molecule has 0 heterocycles. The maximum atomic E-state index is 6.12. The molecule has 0 aliphatic rings. The smallest absolute Gasteiger partial charge is 0.351 e. The molecule has 0 N–H and O–H groups in total. The second kappa shape index (κ2) is 7.80. The molecule has 1 nitrogen and oxygen atoms in total. The number of hydrogen-bond acceptors (Lipinski definition) is 1. The Morgan fingerprint density at radius 3 is 2.00 bits per heavy atom. The largest absolute Gasteiger partial charge is 0.536 e. The van der Waals surface area contributed by atoms with Crippen molar-refractivity contribution in [2.24, 2.45) is 0 Å². The lowest BCUT2D eigenvalue weighted by Crippen LogP contribution is -2.06. The van der Waals surface area contributed by atoms with E-state index in [4.69, 9.17) is 4.43 Å². The third-order valence-corrected chi connectivity index (χ3v) is 4.66. The van der Waals surface area contributed by atoms with Gasteiger partial charge in [0, 0.05) is 0 Å². The summed E-state index contributed by atoms with van der Waals surface area (Å²) in [6.45, 7) is 4.20. The fourth-order valence-corrected chi connectivity index (χ4v) is 3.47. The summed E-state index contributed by atoms with van der Waals surface area (Å²) in [5.41, 5.74) is 4.84. The van der Waals surface area contributed by atoms with Crippen LogP contribution in [-0.4, -0.2) is 9.76 Å². The zero-order chi connectivity index (χ0) is 16.8. The van der Waals surface area contributed by atoms with Crippen molar-refractivity contribution in [2.45, 2.75) is 13.8 Å². The molecule has 0 amide bonds. The van der Waals surface area contributed by atoms with Crippen LogP contribution in [0, 0.1) is 13.8 Å². The molecule has 24 heavy (non-hydrogen) atoms. The van der Waals surface area contributed by atoms with E-state index in [0.29, 0.717) is 0 Å². The molecule has 2 heteroatoms. The van der Waals surface area contributed by atoms with Gasteiger partial charge in [-0.2, -0.15) is 0 Å². The van der Waals surface area contributed by atoms with Crippen LogP contribution in [0.1, 0.15) is 22.3 Å². The van der Waals surface area contributed by atoms with Crippen LogP contribution in [0.15, 0.2) is 78.9 Å². The molecular formula is C22H20OSi. The monoisotopic (exact) mass is 328 g/mol. The van der Waals surface area contributed by atoms with Crippen molar-refractivity contribution in [1.82, 2.24) is 0 Å². The van der Waals surface area contributed by atoms with E-state index in [1.165, 1.54) is 27.5 Å². The third-order valence-electron chi connectivity index (χ3n) is 3.67. The first-order valence-electron chi connectivity index (χ1n) is 8.04. The van der Waals surface area contributed by atoms with Gasteiger partial charge in [0.25, 0.3) is 0 Å². The summed E-state index contributed by atoms with van der Waals surface area (Å²) in [5, 5.41) is 1.20. The summed E-state index contributed by atoms with van der Waals surface area (Å²) in [6, 6.07) is 27.2. The SMILES string of the molecule is Cc1cc(C)cc(O[Si]/C(=C\c2ccccc2)c2ccccc2)c1. The highest BCUT2D eigenvalue weighted by atomic mass is 28.2. The van der Waals surface area contributed by atoms with E-state index in [0.717, 1.165) is 5.75 Å². The molecule has 0 saturated heterocycles. The summed E-state index contributed by atoms with van der Waals surface area (Å²) in [5.74, 6) is 0.931. The van der Waals surface area contributed by atoms with Crippen molar-refractivity contribution in [1.29, 1.82) is 0 Å². The quantitative estimate of drug-likeness (QED) is 0.444. The number of benzene rings is 3. The first kappa shape index (κ1) is 16.3. The van der Waals surface area contributed by atoms with Crippen LogP contribution >= 0.6 is 0 Å². The highest BCUT2D eigenvalue weighted by molar-refractivity contribution is 6.58. The Labute approximate surface area is 146 Å². The van der Waals surface area contributed by atoms with Gasteiger partial charge in [-0.3, -0.25) is 0 Å². The molecule has 0 aliphatic heterocycles. The number of hydrogen-bond donors (Lipinski definition) is 0. The summed E-state index contributed by atoms with van der Waals surface area (Å²) in [7, 11) is 0.258. The van der Waals surface area contributed by atoms with Gasteiger partial charge in [0.2, 0.25) is 0 Å². The topological polar surface area (TPSA) is 9.23 Å². The van der Waals surface area contributed by atoms with Gasteiger partial charge >= 0.3 is 9.76 Å². The van der Waals surface area contributed by atoms with Crippen molar-refractivity contribution in [3.8, 4) is 5.75 Å². The van der Waals surface area contributed by atoms with Crippen molar-refractivity contribution in [3.05, 3.63) is 101 Å². The Kier molecular flexibility index (Phi) is 5.29. The van der Waals surface area contributed by atoms with Crippen molar-refractivity contribution >= 4 is 21.0 Å². The van der Waals surface area contributed by atoms with Gasteiger partial charge < -0.3 is 4.43 Å². The summed E-state index contributed by atoms with van der Waals surface area (Å²) in [6.07, 6.45) is 2.20. The highest BCUT2D eigenvalue weighted by Crippen LogP contribution is 2.21. The molecular weight excluding hydrogens is 308 g/mol. The average Bonchev–Trinajstić information content (AvgIpc) is 2.59. The van der Waals surface area contributed by atoms with Gasteiger partial charge in [0.15, 0.2) is 0 Å². The van der Waals surface area contributed by atoms with E-state index in [-0.39, 0.29) is 9.76 Å². The second-order valence-electron chi connectivity index (χ2n) is 5.86. The van der Waals surface area contributed by atoms with Crippen LogP contribution in [0.2, 0.25) is 0 Å². The summed E-state index contributed by atoms with van der Waals surface area (Å²) in [4.78, 5) is 0. The number of rotatable bonds is 5. The Morgan fingerprint density at radius 1 is 0.792 bits per heavy atom. The van der Waals surface area contributed by atoms with Gasteiger partial charge in [0.05, 0.1) is 0 Å². The minimum atomic E-state index is 0.258. The van der Waals surface area contributed by atoms with E-state index < -0.39 is 0 Å². The van der Waals surface area contributed by atoms with E-state index in [2.05, 4.69) is 86.7 Å². The molecule has 0 aliphatic carbocycles. The van der Waals surface area contributed by atoms with Crippen molar-refractivity contribution < 1.29 is 4.43 Å². The molecule has 3 aromatic carbocycles. The molecule has 0 aromatic heterocycles. The zero-order valence-electron chi connectivity index (χ0n) is 14.0. The van der Waals surface area contributed by atoms with Gasteiger partial charge in [-0.25, -0.2) is 0 Å². The van der Waals surface area contributed by atoms with E-state index in [1.54, 1.807) is 0 Å². The van der Waals surface area contributed by atoms with Gasteiger partial charge in [-0.15, -0.1) is 0 Å². The lowest BCUT2D eigenvalue weighted by atomic mass is 10.1. The van der Waals surface area contributed by atoms with Crippen molar-refractivity contribution in [3.63, 3.8) is 0 Å². The number of aryl methyl sites for hydroxylation is 2. The van der Waals surface area contributed by atoms with Gasteiger partial charge in [0.1, 0.15) is 5.75 Å². The average molecular weight is 328 g/mol. The molecule has 118 valence electrons. The predicted octanol–water partition coefficient (Wildman–Crippen LogP) is 5.50. The van der Waals surface area contributed by atoms with Crippen LogP contribution in [0.4, 0.5) is 0 Å². The maximum absolute atomic E-state index is 6.12. The highest BCUT2D eigenvalue weighted by Gasteiger charge is 2.07. The van der Waals surface area contributed by atoms with Gasteiger partial charge in [-0.05, 0) is 53.4 Å². The van der Waals surface area contributed by atoms with Crippen LogP contribution in [0.5, 0.6) is 5.75 Å². The van der Waals surface area contributed by atoms with E-state index in [1.807, 2.05) is 12.1 Å². The summed E-state index contributed by atoms with van der Waals surface area (Å²) >= 11 is 0. The van der Waals surface area contributed by atoms with Crippen LogP contribution in [0.3, 0.4) is 0 Å². The summed E-state index contributed by atoms with van der Waals surface area (Å²) < 4.78 is 6.12. The van der Waals surface area contributed by atoms with E-state index >= 15 is 0 Å². The van der Waals surface area contributed by atoms with Crippen LogP contribution in [-0.2, 0) is 0 Å². The Hall–Kier alpha value is -2.58. The standard InChI is InChI=1S/C22H20OSi/c1-17-13-18(2)15-21(14-17)23-24-22(20-11-7-4-8-12-20)16-19-9-5-3-6-10-19/h3-16H,1-2H3/b22-16-. The second-order valence-corrected chi connectivity index (χ2v) is 6.81. The molecule has 0 unspecified atom stereocenters. The first-order valence-corrected chi connectivity index (χ1v) is 8.95. The first-order chi connectivity index (χ1) is 11.7. The Morgan fingerprint density at radius 2 is 1.38 bits per heavy atom. The maximum Gasteiger partial charge on any atom is 0.351 e. The fourth-order valence-electron chi connectivity index (χ4n) is 2.61. The zero-order valence-corrected chi connectivity index (χ0v) is 15.0. The van der Waals surface area contributed by atoms with Crippen molar-refractivity contribution in [2.75, 3.05) is 0 Å². The molecule has 0 spiro atoms. The Balaban J connectivity index is 1.87. The normalized spacial score (nSPS) is 11.3. The molecule has 0 fully saturated rings. The van der Waals surface area contributed by atoms with E-state index in [9.17, 15) is 0 Å². The predicted molar refractivity (Wildman–Crippen MR) is 103 cm³/mol. The Bertz CT molecular complexity index is 803.